The average molecular weight is 353 g/mol. The van der Waals surface area contributed by atoms with E-state index in [0.717, 1.165) is 11.6 Å². The van der Waals surface area contributed by atoms with Crippen LogP contribution in [0, 0.1) is 5.82 Å². The summed E-state index contributed by atoms with van der Waals surface area (Å²) >= 11 is 11.7. The molecule has 23 heavy (non-hydrogen) atoms. The second kappa shape index (κ2) is 7.83. The average Bonchev–Trinajstić information content (AvgIpc) is 2.55. The molecular weight excluding hydrogens is 342 g/mol. The van der Waals surface area contributed by atoms with Crippen molar-refractivity contribution < 1.29 is 9.18 Å². The van der Waals surface area contributed by atoms with Gasteiger partial charge in [-0.15, -0.1) is 0 Å². The summed E-state index contributed by atoms with van der Waals surface area (Å²) < 4.78 is 13.8. The van der Waals surface area contributed by atoms with Crippen LogP contribution in [-0.2, 0) is 13.1 Å². The van der Waals surface area contributed by atoms with Crippen LogP contribution in [0.5, 0.6) is 0 Å². The third kappa shape index (κ3) is 4.60. The first-order chi connectivity index (χ1) is 11.0. The summed E-state index contributed by atoms with van der Waals surface area (Å²) in [6.07, 6.45) is 0. The van der Waals surface area contributed by atoms with Crippen LogP contribution in [0.2, 0.25) is 10.0 Å². The van der Waals surface area contributed by atoms with Crippen LogP contribution in [0.25, 0.3) is 10.4 Å². The molecule has 0 heterocycles. The normalized spacial score (nSPS) is 10.0. The molecule has 5 nitrogen and oxygen atoms in total. The predicted molar refractivity (Wildman–Crippen MR) is 86.9 cm³/mol. The Bertz CT molecular complexity index is 791. The van der Waals surface area contributed by atoms with Gasteiger partial charge in [0.25, 0.3) is 5.91 Å². The van der Waals surface area contributed by atoms with Crippen molar-refractivity contribution in [2.45, 2.75) is 13.1 Å². The number of carbonyl (C=O) groups is 1. The third-order valence-corrected chi connectivity index (χ3v) is 3.77. The van der Waals surface area contributed by atoms with Gasteiger partial charge in [-0.2, -0.15) is 0 Å². The smallest absolute Gasteiger partial charge is 0.254 e. The molecule has 0 bridgehead atoms. The molecule has 0 saturated carbocycles. The molecule has 0 radical (unpaired) electrons. The van der Waals surface area contributed by atoms with Gasteiger partial charge in [0.2, 0.25) is 0 Å². The Morgan fingerprint density at radius 1 is 1.17 bits per heavy atom. The maximum absolute atomic E-state index is 13.8. The summed E-state index contributed by atoms with van der Waals surface area (Å²) in [6, 6.07) is 8.93. The quantitative estimate of drug-likeness (QED) is 0.464. The molecule has 0 atom stereocenters. The van der Waals surface area contributed by atoms with E-state index in [9.17, 15) is 9.18 Å². The zero-order valence-corrected chi connectivity index (χ0v) is 13.3. The first kappa shape index (κ1) is 17.1. The van der Waals surface area contributed by atoms with E-state index in [1.54, 1.807) is 18.2 Å². The van der Waals surface area contributed by atoms with Gasteiger partial charge in [0.05, 0.1) is 22.2 Å². The Kier molecular flexibility index (Phi) is 5.82. The Morgan fingerprint density at radius 3 is 2.61 bits per heavy atom. The fraction of sp³-hybridized carbons (Fsp3) is 0.133. The van der Waals surface area contributed by atoms with Crippen molar-refractivity contribution in [1.29, 1.82) is 0 Å². The fourth-order valence-electron chi connectivity index (χ4n) is 1.89. The number of rotatable bonds is 5. The molecule has 2 aromatic rings. The van der Waals surface area contributed by atoms with E-state index in [-0.39, 0.29) is 18.7 Å². The van der Waals surface area contributed by atoms with E-state index in [0.29, 0.717) is 15.6 Å². The van der Waals surface area contributed by atoms with Gasteiger partial charge < -0.3 is 5.32 Å². The Labute approximate surface area is 141 Å². The molecule has 2 aromatic carbocycles. The Morgan fingerprint density at radius 2 is 1.91 bits per heavy atom. The van der Waals surface area contributed by atoms with Crippen molar-refractivity contribution in [2.75, 3.05) is 0 Å². The monoisotopic (exact) mass is 352 g/mol. The molecule has 1 N–H and O–H groups in total. The number of carbonyl (C=O) groups excluding carboxylic acids is 1. The van der Waals surface area contributed by atoms with Gasteiger partial charge in [-0.05, 0) is 40.9 Å². The van der Waals surface area contributed by atoms with Crippen molar-refractivity contribution in [1.82, 2.24) is 5.32 Å². The molecule has 0 aliphatic rings. The maximum Gasteiger partial charge on any atom is 0.254 e. The lowest BCUT2D eigenvalue weighted by molar-refractivity contribution is 0.0946. The van der Waals surface area contributed by atoms with E-state index in [2.05, 4.69) is 15.3 Å². The van der Waals surface area contributed by atoms with E-state index < -0.39 is 11.7 Å². The fourth-order valence-corrected chi connectivity index (χ4v) is 2.21. The predicted octanol–water partition coefficient (Wildman–Crippen LogP) is 4.87. The Hall–Kier alpha value is -2.27. The van der Waals surface area contributed by atoms with E-state index >= 15 is 0 Å². The second-order valence-corrected chi connectivity index (χ2v) is 5.45. The summed E-state index contributed by atoms with van der Waals surface area (Å²) in [5.41, 5.74) is 9.46. The van der Waals surface area contributed by atoms with Crippen LogP contribution in [0.1, 0.15) is 21.5 Å². The number of benzene rings is 2. The summed E-state index contributed by atoms with van der Waals surface area (Å²) in [5.74, 6) is -1.22. The van der Waals surface area contributed by atoms with Gasteiger partial charge in [-0.1, -0.05) is 40.4 Å². The third-order valence-electron chi connectivity index (χ3n) is 3.03. The number of amides is 1. The highest BCUT2D eigenvalue weighted by molar-refractivity contribution is 6.42. The lowest BCUT2D eigenvalue weighted by Gasteiger charge is -2.08. The molecule has 0 aliphatic heterocycles. The lowest BCUT2D eigenvalue weighted by Crippen LogP contribution is -2.24. The minimum Gasteiger partial charge on any atom is -0.348 e. The van der Waals surface area contributed by atoms with Crippen LogP contribution in [0.15, 0.2) is 41.5 Å². The van der Waals surface area contributed by atoms with Gasteiger partial charge in [0, 0.05) is 11.5 Å². The highest BCUT2D eigenvalue weighted by Crippen LogP contribution is 2.22. The number of halogens is 3. The van der Waals surface area contributed by atoms with Crippen molar-refractivity contribution in [2.24, 2.45) is 5.11 Å². The standard InChI is InChI=1S/C15H11Cl2FN4O/c16-12-3-1-10(6-13(12)17)7-20-15(23)11-5-9(8-21-22-19)2-4-14(11)18/h1-6H,7-8H2,(H,20,23). The van der Waals surface area contributed by atoms with Crippen LogP contribution in [0.3, 0.4) is 0 Å². The molecule has 1 amide bonds. The summed E-state index contributed by atoms with van der Waals surface area (Å²) in [4.78, 5) is 14.7. The van der Waals surface area contributed by atoms with Crippen LogP contribution >= 0.6 is 23.2 Å². The SMILES string of the molecule is [N-]=[N+]=NCc1ccc(F)c(C(=O)NCc2ccc(Cl)c(Cl)c2)c1. The lowest BCUT2D eigenvalue weighted by atomic mass is 10.1. The topological polar surface area (TPSA) is 77.9 Å². The van der Waals surface area contributed by atoms with E-state index in [4.69, 9.17) is 28.7 Å². The number of azide groups is 1. The largest absolute Gasteiger partial charge is 0.348 e. The molecule has 0 spiro atoms. The van der Waals surface area contributed by atoms with E-state index in [1.807, 2.05) is 0 Å². The van der Waals surface area contributed by atoms with Crippen molar-refractivity contribution >= 4 is 29.1 Å². The van der Waals surface area contributed by atoms with Gasteiger partial charge >= 0.3 is 0 Å². The summed E-state index contributed by atoms with van der Waals surface area (Å²) in [5, 5.41) is 6.78. The van der Waals surface area contributed by atoms with Crippen LogP contribution in [-0.4, -0.2) is 5.91 Å². The van der Waals surface area contributed by atoms with Gasteiger partial charge in [-0.25, -0.2) is 4.39 Å². The van der Waals surface area contributed by atoms with Gasteiger partial charge in [0.1, 0.15) is 5.82 Å². The van der Waals surface area contributed by atoms with Crippen molar-refractivity contribution in [3.05, 3.63) is 79.4 Å². The summed E-state index contributed by atoms with van der Waals surface area (Å²) in [6.45, 7) is 0.222. The van der Waals surface area contributed by atoms with Gasteiger partial charge in [0.15, 0.2) is 0 Å². The molecule has 118 valence electrons. The zero-order chi connectivity index (χ0) is 16.8. The second-order valence-electron chi connectivity index (χ2n) is 4.63. The van der Waals surface area contributed by atoms with Crippen molar-refractivity contribution in [3.8, 4) is 0 Å². The Balaban J connectivity index is 2.10. The molecule has 8 heteroatoms. The minimum atomic E-state index is -0.652. The molecule has 0 aliphatic carbocycles. The molecule has 0 aromatic heterocycles. The van der Waals surface area contributed by atoms with Crippen LogP contribution < -0.4 is 5.32 Å². The van der Waals surface area contributed by atoms with E-state index in [1.165, 1.54) is 12.1 Å². The van der Waals surface area contributed by atoms with Gasteiger partial charge in [-0.3, -0.25) is 4.79 Å². The first-order valence-corrected chi connectivity index (χ1v) is 7.28. The molecule has 0 unspecified atom stereocenters. The number of hydrogen-bond acceptors (Lipinski definition) is 2. The number of hydrogen-bond donors (Lipinski definition) is 1. The van der Waals surface area contributed by atoms with Crippen molar-refractivity contribution in [3.63, 3.8) is 0 Å². The minimum absolute atomic E-state index is 0.0455. The molecular formula is C15H11Cl2FN4O. The number of nitrogens with one attached hydrogen (secondary N) is 1. The number of nitrogens with zero attached hydrogens (tertiary/aromatic N) is 3. The molecule has 0 fully saturated rings. The summed E-state index contributed by atoms with van der Waals surface area (Å²) in [7, 11) is 0. The highest BCUT2D eigenvalue weighted by atomic mass is 35.5. The zero-order valence-electron chi connectivity index (χ0n) is 11.8. The van der Waals surface area contributed by atoms with Crippen LogP contribution in [0.4, 0.5) is 4.39 Å². The first-order valence-electron chi connectivity index (χ1n) is 6.52. The highest BCUT2D eigenvalue weighted by Gasteiger charge is 2.12. The molecule has 2 rings (SSSR count). The maximum atomic E-state index is 13.8. The molecule has 0 saturated heterocycles.